The van der Waals surface area contributed by atoms with Crippen molar-refractivity contribution in [1.82, 2.24) is 19.4 Å². The highest BCUT2D eigenvalue weighted by atomic mass is 16.2. The number of hydrogen-bond acceptors (Lipinski definition) is 4. The lowest BCUT2D eigenvalue weighted by Crippen LogP contribution is -2.48. The Morgan fingerprint density at radius 3 is 2.92 bits per heavy atom. The van der Waals surface area contributed by atoms with Crippen LogP contribution in [0.5, 0.6) is 0 Å². The zero-order valence-corrected chi connectivity index (χ0v) is 14.7. The summed E-state index contributed by atoms with van der Waals surface area (Å²) >= 11 is 0. The number of pyridine rings is 1. The van der Waals surface area contributed by atoms with Gasteiger partial charge in [0.1, 0.15) is 5.82 Å². The Bertz CT molecular complexity index is 901. The van der Waals surface area contributed by atoms with E-state index in [2.05, 4.69) is 4.98 Å². The summed E-state index contributed by atoms with van der Waals surface area (Å²) in [6.45, 7) is 3.36. The molecule has 130 valence electrons. The Morgan fingerprint density at radius 2 is 2.12 bits per heavy atom. The first kappa shape index (κ1) is 16.0. The number of rotatable bonds is 1. The summed E-state index contributed by atoms with van der Waals surface area (Å²) in [5.74, 6) is 0.787. The van der Waals surface area contributed by atoms with Gasteiger partial charge in [0.25, 0.3) is 5.91 Å². The highest BCUT2D eigenvalue weighted by Crippen LogP contribution is 2.43. The van der Waals surface area contributed by atoms with Gasteiger partial charge >= 0.3 is 0 Å². The van der Waals surface area contributed by atoms with E-state index in [1.165, 1.54) is 16.2 Å². The van der Waals surface area contributed by atoms with Crippen LogP contribution in [0.1, 0.15) is 46.7 Å². The maximum Gasteiger partial charge on any atom is 0.255 e. The topological polar surface area (TPSA) is 68.1 Å². The highest BCUT2D eigenvalue weighted by molar-refractivity contribution is 5.94. The number of hydrogen-bond donors (Lipinski definition) is 0. The third-order valence-corrected chi connectivity index (χ3v) is 5.56. The van der Waals surface area contributed by atoms with Crippen LogP contribution >= 0.6 is 0 Å². The van der Waals surface area contributed by atoms with Crippen molar-refractivity contribution in [2.24, 2.45) is 7.05 Å². The van der Waals surface area contributed by atoms with E-state index in [1.807, 2.05) is 18.0 Å². The SMILES string of the molecule is Cc1ncc2c(n1)C1(CCCN(C(=O)c3ccc(=O)n(C)c3)C1)CC2. The number of carbonyl (C=O) groups is 1. The summed E-state index contributed by atoms with van der Waals surface area (Å²) in [4.78, 5) is 35.5. The molecule has 0 radical (unpaired) electrons. The molecule has 2 aromatic rings. The van der Waals surface area contributed by atoms with Crippen molar-refractivity contribution < 1.29 is 4.79 Å². The molecule has 1 aliphatic carbocycles. The van der Waals surface area contributed by atoms with Crippen LogP contribution in [0.15, 0.2) is 29.3 Å². The Morgan fingerprint density at radius 1 is 1.28 bits per heavy atom. The molecule has 2 aliphatic rings. The number of nitrogens with zero attached hydrogens (tertiary/aromatic N) is 4. The second-order valence-electron chi connectivity index (χ2n) is 7.27. The molecule has 1 unspecified atom stereocenters. The second kappa shape index (κ2) is 5.79. The molecule has 2 aromatic heterocycles. The monoisotopic (exact) mass is 338 g/mol. The molecule has 0 bridgehead atoms. The zero-order chi connectivity index (χ0) is 17.6. The van der Waals surface area contributed by atoms with Gasteiger partial charge in [-0.3, -0.25) is 9.59 Å². The van der Waals surface area contributed by atoms with Crippen LogP contribution in [-0.4, -0.2) is 38.4 Å². The van der Waals surface area contributed by atoms with Gasteiger partial charge in [-0.15, -0.1) is 0 Å². The van der Waals surface area contributed by atoms with E-state index in [-0.39, 0.29) is 16.9 Å². The van der Waals surface area contributed by atoms with E-state index in [4.69, 9.17) is 4.98 Å². The van der Waals surface area contributed by atoms with Crippen LogP contribution in [0.25, 0.3) is 0 Å². The van der Waals surface area contributed by atoms with E-state index in [1.54, 1.807) is 19.3 Å². The number of carbonyl (C=O) groups excluding carboxylic acids is 1. The average Bonchev–Trinajstić information content (AvgIpc) is 2.94. The number of aromatic nitrogens is 3. The van der Waals surface area contributed by atoms with Crippen molar-refractivity contribution >= 4 is 5.91 Å². The van der Waals surface area contributed by atoms with E-state index < -0.39 is 0 Å². The van der Waals surface area contributed by atoms with Crippen LogP contribution in [0.2, 0.25) is 0 Å². The molecule has 0 N–H and O–H groups in total. The van der Waals surface area contributed by atoms with Gasteiger partial charge < -0.3 is 9.47 Å². The van der Waals surface area contributed by atoms with Crippen molar-refractivity contribution in [3.8, 4) is 0 Å². The van der Waals surface area contributed by atoms with E-state index in [9.17, 15) is 9.59 Å². The minimum absolute atomic E-state index is 0.00565. The lowest BCUT2D eigenvalue weighted by molar-refractivity contribution is 0.0632. The van der Waals surface area contributed by atoms with Crippen LogP contribution in [0, 0.1) is 6.92 Å². The van der Waals surface area contributed by atoms with Crippen molar-refractivity contribution in [2.75, 3.05) is 13.1 Å². The molecular weight excluding hydrogens is 316 g/mol. The van der Waals surface area contributed by atoms with E-state index in [0.29, 0.717) is 12.1 Å². The zero-order valence-electron chi connectivity index (χ0n) is 14.7. The van der Waals surface area contributed by atoms with Gasteiger partial charge in [-0.25, -0.2) is 9.97 Å². The van der Waals surface area contributed by atoms with Crippen LogP contribution in [-0.2, 0) is 18.9 Å². The summed E-state index contributed by atoms with van der Waals surface area (Å²) in [7, 11) is 1.67. The summed E-state index contributed by atoms with van der Waals surface area (Å²) in [5, 5.41) is 0. The summed E-state index contributed by atoms with van der Waals surface area (Å²) in [5.41, 5.74) is 2.78. The van der Waals surface area contributed by atoms with E-state index in [0.717, 1.165) is 43.7 Å². The van der Waals surface area contributed by atoms with Gasteiger partial charge in [-0.1, -0.05) is 0 Å². The Kier molecular flexibility index (Phi) is 3.71. The van der Waals surface area contributed by atoms with Crippen molar-refractivity contribution in [3.63, 3.8) is 0 Å². The van der Waals surface area contributed by atoms with Gasteiger partial charge in [0.15, 0.2) is 0 Å². The minimum atomic E-state index is -0.108. The molecule has 4 rings (SSSR count). The number of piperidine rings is 1. The minimum Gasteiger partial charge on any atom is -0.338 e. The van der Waals surface area contributed by atoms with Crippen molar-refractivity contribution in [1.29, 1.82) is 0 Å². The fraction of sp³-hybridized carbons (Fsp3) is 0.474. The molecule has 6 heteroatoms. The standard InChI is InChI=1S/C19H22N4O2/c1-13-20-10-14-6-8-19(17(14)21-13)7-3-9-23(12-19)18(25)15-4-5-16(24)22(2)11-15/h4-5,10-11H,3,6-9,12H2,1-2H3. The van der Waals surface area contributed by atoms with Crippen molar-refractivity contribution in [3.05, 3.63) is 57.5 Å². The van der Waals surface area contributed by atoms with Crippen LogP contribution < -0.4 is 5.56 Å². The Labute approximate surface area is 146 Å². The maximum atomic E-state index is 13.0. The Balaban J connectivity index is 1.64. The number of aryl methyl sites for hydroxylation is 3. The van der Waals surface area contributed by atoms with Gasteiger partial charge in [0, 0.05) is 44.0 Å². The molecule has 1 atom stereocenters. The largest absolute Gasteiger partial charge is 0.338 e. The smallest absolute Gasteiger partial charge is 0.255 e. The second-order valence-corrected chi connectivity index (χ2v) is 7.27. The summed E-state index contributed by atoms with van der Waals surface area (Å²) in [6, 6.07) is 3.08. The quantitative estimate of drug-likeness (QED) is 0.792. The molecule has 1 amide bonds. The van der Waals surface area contributed by atoms with Crippen molar-refractivity contribution in [2.45, 2.75) is 38.0 Å². The number of fused-ring (bicyclic) bond motifs is 2. The molecule has 25 heavy (non-hydrogen) atoms. The van der Waals surface area contributed by atoms with Gasteiger partial charge in [-0.05, 0) is 44.2 Å². The molecule has 1 spiro atoms. The third-order valence-electron chi connectivity index (χ3n) is 5.56. The average molecular weight is 338 g/mol. The summed E-state index contributed by atoms with van der Waals surface area (Å²) in [6.07, 6.45) is 7.61. The van der Waals surface area contributed by atoms with Crippen LogP contribution in [0.4, 0.5) is 0 Å². The fourth-order valence-corrected chi connectivity index (χ4v) is 4.23. The van der Waals surface area contributed by atoms with Gasteiger partial charge in [0.2, 0.25) is 5.56 Å². The molecule has 1 saturated heterocycles. The first-order valence-electron chi connectivity index (χ1n) is 8.77. The van der Waals surface area contributed by atoms with Gasteiger partial charge in [0.05, 0.1) is 11.3 Å². The third kappa shape index (κ3) is 2.65. The predicted molar refractivity (Wildman–Crippen MR) is 93.6 cm³/mol. The number of amides is 1. The number of likely N-dealkylation sites (tertiary alicyclic amines) is 1. The predicted octanol–water partition coefficient (Wildman–Crippen LogP) is 1.60. The first-order valence-corrected chi connectivity index (χ1v) is 8.77. The molecule has 6 nitrogen and oxygen atoms in total. The molecule has 1 fully saturated rings. The van der Waals surface area contributed by atoms with Gasteiger partial charge in [-0.2, -0.15) is 0 Å². The molecular formula is C19H22N4O2. The maximum absolute atomic E-state index is 13.0. The van der Waals surface area contributed by atoms with E-state index >= 15 is 0 Å². The molecule has 0 saturated carbocycles. The molecule has 0 aromatic carbocycles. The Hall–Kier alpha value is -2.50. The molecule has 3 heterocycles. The highest BCUT2D eigenvalue weighted by Gasteiger charge is 2.44. The van der Waals surface area contributed by atoms with Crippen LogP contribution in [0.3, 0.4) is 0 Å². The summed E-state index contributed by atoms with van der Waals surface area (Å²) < 4.78 is 1.45. The fourth-order valence-electron chi connectivity index (χ4n) is 4.23. The normalized spacial score (nSPS) is 22.2. The first-order chi connectivity index (χ1) is 12.0. The molecule has 1 aliphatic heterocycles. The lowest BCUT2D eigenvalue weighted by Gasteiger charge is -2.40. The lowest BCUT2D eigenvalue weighted by atomic mass is 9.77.